The third-order valence-corrected chi connectivity index (χ3v) is 5.39. The average Bonchev–Trinajstić information content (AvgIpc) is 3.18. The highest BCUT2D eigenvalue weighted by Crippen LogP contribution is 2.60. The van der Waals surface area contributed by atoms with Gasteiger partial charge in [-0.3, -0.25) is 9.36 Å². The van der Waals surface area contributed by atoms with Crippen LogP contribution in [0, 0.1) is 5.82 Å². The molecule has 7 nitrogen and oxygen atoms in total. The number of halogens is 1. The monoisotopic (exact) mass is 386 g/mol. The number of carbonyl (C=O) groups is 1. The highest BCUT2D eigenvalue weighted by molar-refractivity contribution is 7.54. The average molecular weight is 386 g/mol. The van der Waals surface area contributed by atoms with E-state index in [1.165, 1.54) is 50.8 Å². The Morgan fingerprint density at radius 2 is 1.88 bits per heavy atom. The fourth-order valence-electron chi connectivity index (χ4n) is 2.10. The van der Waals surface area contributed by atoms with E-state index in [9.17, 15) is 13.8 Å². The third kappa shape index (κ3) is 5.42. The van der Waals surface area contributed by atoms with Gasteiger partial charge in [0.2, 0.25) is 0 Å². The van der Waals surface area contributed by atoms with Crippen molar-refractivity contribution >= 4 is 13.6 Å². The normalized spacial score (nSPS) is 12.6. The molecule has 26 heavy (non-hydrogen) atoms. The van der Waals surface area contributed by atoms with Crippen LogP contribution in [-0.4, -0.2) is 26.8 Å². The van der Waals surface area contributed by atoms with E-state index < -0.39 is 19.4 Å². The first-order valence-electron chi connectivity index (χ1n) is 7.81. The molecule has 0 spiro atoms. The molecule has 0 amide bonds. The summed E-state index contributed by atoms with van der Waals surface area (Å²) in [6, 6.07) is 8.64. The number of rotatable bonds is 10. The molecule has 0 fully saturated rings. The summed E-state index contributed by atoms with van der Waals surface area (Å²) in [5.74, 6) is -1.60. The zero-order valence-corrected chi connectivity index (χ0v) is 15.3. The summed E-state index contributed by atoms with van der Waals surface area (Å²) in [6.45, 7) is 0.234. The number of hydrogen-bond donors (Lipinski definition) is 0. The molecule has 0 radical (unpaired) electrons. The van der Waals surface area contributed by atoms with Crippen molar-refractivity contribution in [1.29, 1.82) is 0 Å². The minimum atomic E-state index is -3.73. The van der Waals surface area contributed by atoms with E-state index in [2.05, 4.69) is 0 Å². The quantitative estimate of drug-likeness (QED) is 0.342. The van der Waals surface area contributed by atoms with Crippen molar-refractivity contribution in [1.82, 2.24) is 0 Å². The van der Waals surface area contributed by atoms with Gasteiger partial charge in [-0.05, 0) is 42.8 Å². The van der Waals surface area contributed by atoms with Crippen LogP contribution in [0.5, 0.6) is 5.75 Å². The number of esters is 1. The lowest BCUT2D eigenvalue weighted by molar-refractivity contribution is -0.147. The maximum atomic E-state index is 12.8. The highest BCUT2D eigenvalue weighted by Gasteiger charge is 2.40. The standard InChI is InChI=1S/C17H20FO7P/c1-21-26(20,22-2)17(15-5-3-12-24-15)25-16(19)6-4-11-23-14-9-7-13(18)8-10-14/h3,5,7-10,12,17H,4,6,11H2,1-2H3. The lowest BCUT2D eigenvalue weighted by Crippen LogP contribution is -2.14. The molecular formula is C17H20FO7P. The van der Waals surface area contributed by atoms with Gasteiger partial charge in [0.25, 0.3) is 5.85 Å². The van der Waals surface area contributed by atoms with Gasteiger partial charge in [-0.2, -0.15) is 0 Å². The molecule has 0 saturated heterocycles. The fraction of sp³-hybridized carbons (Fsp3) is 0.353. The molecule has 0 aliphatic carbocycles. The second-order valence-electron chi connectivity index (χ2n) is 5.17. The fourth-order valence-corrected chi connectivity index (χ4v) is 3.33. The summed E-state index contributed by atoms with van der Waals surface area (Å²) in [5.41, 5.74) is 0. The van der Waals surface area contributed by atoms with Gasteiger partial charge in [-0.25, -0.2) is 4.39 Å². The molecule has 1 heterocycles. The number of carbonyl (C=O) groups excluding carboxylic acids is 1. The smallest absolute Gasteiger partial charge is 0.378 e. The molecule has 1 aromatic carbocycles. The molecule has 1 aromatic heterocycles. The van der Waals surface area contributed by atoms with Gasteiger partial charge in [0.15, 0.2) is 5.76 Å². The molecule has 0 aliphatic heterocycles. The van der Waals surface area contributed by atoms with Gasteiger partial charge in [0, 0.05) is 20.6 Å². The summed E-state index contributed by atoms with van der Waals surface area (Å²) in [4.78, 5) is 12.1. The van der Waals surface area contributed by atoms with Crippen molar-refractivity contribution in [3.8, 4) is 5.75 Å². The molecule has 142 valence electrons. The van der Waals surface area contributed by atoms with Crippen LogP contribution < -0.4 is 4.74 Å². The Balaban J connectivity index is 1.87. The van der Waals surface area contributed by atoms with E-state index in [4.69, 9.17) is 22.9 Å². The molecule has 2 aromatic rings. The molecule has 1 atom stereocenters. The van der Waals surface area contributed by atoms with Gasteiger partial charge >= 0.3 is 13.6 Å². The van der Waals surface area contributed by atoms with Crippen molar-refractivity contribution in [2.75, 3.05) is 20.8 Å². The van der Waals surface area contributed by atoms with Gasteiger partial charge in [0.1, 0.15) is 11.6 Å². The van der Waals surface area contributed by atoms with Gasteiger partial charge in [0.05, 0.1) is 12.9 Å². The Kier molecular flexibility index (Phi) is 7.38. The maximum absolute atomic E-state index is 12.8. The van der Waals surface area contributed by atoms with Gasteiger partial charge < -0.3 is 22.9 Å². The topological polar surface area (TPSA) is 84.2 Å². The van der Waals surface area contributed by atoms with E-state index in [1.807, 2.05) is 0 Å². The molecule has 2 rings (SSSR count). The van der Waals surface area contributed by atoms with E-state index >= 15 is 0 Å². The minimum absolute atomic E-state index is 0.0197. The zero-order chi connectivity index (χ0) is 19.0. The van der Waals surface area contributed by atoms with E-state index in [-0.39, 0.29) is 24.6 Å². The lowest BCUT2D eigenvalue weighted by Gasteiger charge is -2.22. The molecule has 0 bridgehead atoms. The Morgan fingerprint density at radius 1 is 1.19 bits per heavy atom. The Hall–Kier alpha value is -2.15. The van der Waals surface area contributed by atoms with Crippen LogP contribution in [0.2, 0.25) is 0 Å². The van der Waals surface area contributed by atoms with Crippen LogP contribution in [0.25, 0.3) is 0 Å². The lowest BCUT2D eigenvalue weighted by atomic mass is 10.3. The summed E-state index contributed by atoms with van der Waals surface area (Å²) >= 11 is 0. The predicted octanol–water partition coefficient (Wildman–Crippen LogP) is 4.31. The van der Waals surface area contributed by atoms with Crippen LogP contribution in [0.4, 0.5) is 4.39 Å². The van der Waals surface area contributed by atoms with Crippen LogP contribution >= 0.6 is 7.60 Å². The van der Waals surface area contributed by atoms with E-state index in [1.54, 1.807) is 6.07 Å². The highest BCUT2D eigenvalue weighted by atomic mass is 31.2. The zero-order valence-electron chi connectivity index (χ0n) is 14.4. The van der Waals surface area contributed by atoms with E-state index in [0.29, 0.717) is 12.2 Å². The van der Waals surface area contributed by atoms with Gasteiger partial charge in [-0.15, -0.1) is 0 Å². The molecule has 0 aliphatic rings. The minimum Gasteiger partial charge on any atom is -0.494 e. The molecule has 0 saturated carbocycles. The van der Waals surface area contributed by atoms with E-state index in [0.717, 1.165) is 0 Å². The third-order valence-electron chi connectivity index (χ3n) is 3.43. The van der Waals surface area contributed by atoms with Crippen molar-refractivity contribution in [2.24, 2.45) is 0 Å². The van der Waals surface area contributed by atoms with Crippen molar-refractivity contribution in [3.05, 3.63) is 54.2 Å². The molecule has 1 unspecified atom stereocenters. The maximum Gasteiger partial charge on any atom is 0.378 e. The summed E-state index contributed by atoms with van der Waals surface area (Å²) < 4.78 is 51.0. The first-order chi connectivity index (χ1) is 12.5. The Labute approximate surface area is 150 Å². The Morgan fingerprint density at radius 3 is 2.46 bits per heavy atom. The Bertz CT molecular complexity index is 722. The first-order valence-corrected chi connectivity index (χ1v) is 9.42. The largest absolute Gasteiger partial charge is 0.494 e. The van der Waals surface area contributed by atoms with Gasteiger partial charge in [-0.1, -0.05) is 0 Å². The van der Waals surface area contributed by atoms with Crippen LogP contribution in [0.1, 0.15) is 24.4 Å². The molecule has 9 heteroatoms. The number of benzene rings is 1. The van der Waals surface area contributed by atoms with Crippen molar-refractivity contribution < 1.29 is 36.7 Å². The molecule has 0 N–H and O–H groups in total. The second-order valence-corrected chi connectivity index (χ2v) is 7.45. The molecular weight excluding hydrogens is 366 g/mol. The summed E-state index contributed by atoms with van der Waals surface area (Å²) in [5, 5.41) is 0. The number of furan rings is 1. The number of hydrogen-bond acceptors (Lipinski definition) is 7. The van der Waals surface area contributed by atoms with Crippen molar-refractivity contribution in [3.63, 3.8) is 0 Å². The summed E-state index contributed by atoms with van der Waals surface area (Å²) in [7, 11) is -1.33. The van der Waals surface area contributed by atoms with Crippen molar-refractivity contribution in [2.45, 2.75) is 18.7 Å². The first kappa shape index (κ1) is 20.2. The van der Waals surface area contributed by atoms with Crippen LogP contribution in [0.15, 0.2) is 47.1 Å². The SMILES string of the molecule is COP(=O)(OC)C(OC(=O)CCCOc1ccc(F)cc1)c1ccco1. The summed E-state index contributed by atoms with van der Waals surface area (Å²) in [6.07, 6.45) is 1.74. The predicted molar refractivity (Wildman–Crippen MR) is 90.3 cm³/mol. The second kappa shape index (κ2) is 9.52. The number of ether oxygens (including phenoxy) is 2. The van der Waals surface area contributed by atoms with Crippen LogP contribution in [0.3, 0.4) is 0 Å². The van der Waals surface area contributed by atoms with Crippen LogP contribution in [-0.2, 0) is 23.1 Å².